The first-order valence-electron chi connectivity index (χ1n) is 6.72. The first-order valence-corrected chi connectivity index (χ1v) is 8.26. The molecule has 0 N–H and O–H groups in total. The number of carbonyl (C=O) groups excluding carboxylic acids is 1. The van der Waals surface area contributed by atoms with Crippen LogP contribution >= 0.6 is 7.60 Å². The van der Waals surface area contributed by atoms with Crippen molar-refractivity contribution in [1.82, 2.24) is 0 Å². The Morgan fingerprint density at radius 1 is 1.33 bits per heavy atom. The van der Waals surface area contributed by atoms with Gasteiger partial charge >= 0.3 is 7.60 Å². The van der Waals surface area contributed by atoms with Crippen LogP contribution in [0, 0.1) is 11.3 Å². The smallest absolute Gasteiger partial charge is 0.303 e. The lowest BCUT2D eigenvalue weighted by Gasteiger charge is -2.36. The van der Waals surface area contributed by atoms with Crippen molar-refractivity contribution in [2.45, 2.75) is 60.0 Å². The molecule has 18 heavy (non-hydrogen) atoms. The van der Waals surface area contributed by atoms with Gasteiger partial charge in [0.25, 0.3) is 0 Å². The minimum atomic E-state index is -3.60. The highest BCUT2D eigenvalue weighted by molar-refractivity contribution is 7.72. The van der Waals surface area contributed by atoms with Crippen LogP contribution in [0.25, 0.3) is 0 Å². The van der Waals surface area contributed by atoms with Crippen LogP contribution in [0.15, 0.2) is 0 Å². The molecule has 1 aliphatic rings. The maximum absolute atomic E-state index is 12.5. The average molecular weight is 276 g/mol. The molecule has 0 aromatic carbocycles. The standard InChI is InChI=1S/C13H25O4P/c1-6-8-11-10(7-2)9-16-18(15,17-11)12(14)13(3,4)5/h10-11H,6-9H2,1-5H3. The van der Waals surface area contributed by atoms with Crippen LogP contribution < -0.4 is 0 Å². The largest absolute Gasteiger partial charge is 0.397 e. The van der Waals surface area contributed by atoms with E-state index in [0.29, 0.717) is 6.61 Å². The second-order valence-corrected chi connectivity index (χ2v) is 7.82. The van der Waals surface area contributed by atoms with E-state index < -0.39 is 18.5 Å². The first kappa shape index (κ1) is 15.9. The summed E-state index contributed by atoms with van der Waals surface area (Å²) in [5, 5.41) is 0. The molecule has 0 spiro atoms. The molecule has 1 saturated heterocycles. The van der Waals surface area contributed by atoms with E-state index in [9.17, 15) is 9.36 Å². The summed E-state index contributed by atoms with van der Waals surface area (Å²) in [6.07, 6.45) is 2.56. The molecule has 0 aromatic heterocycles. The van der Waals surface area contributed by atoms with Crippen molar-refractivity contribution < 1.29 is 18.4 Å². The Morgan fingerprint density at radius 2 is 1.94 bits per heavy atom. The topological polar surface area (TPSA) is 52.6 Å². The van der Waals surface area contributed by atoms with Crippen LogP contribution in [-0.2, 0) is 18.4 Å². The van der Waals surface area contributed by atoms with E-state index in [0.717, 1.165) is 19.3 Å². The van der Waals surface area contributed by atoms with E-state index in [-0.39, 0.29) is 12.0 Å². The molecule has 0 aromatic rings. The summed E-state index contributed by atoms with van der Waals surface area (Å²) in [6, 6.07) is 0. The highest BCUT2D eigenvalue weighted by Crippen LogP contribution is 2.58. The lowest BCUT2D eigenvalue weighted by molar-refractivity contribution is -0.122. The predicted octanol–water partition coefficient (Wildman–Crippen LogP) is 3.99. The molecule has 3 atom stereocenters. The third-order valence-corrected chi connectivity index (χ3v) is 5.45. The maximum Gasteiger partial charge on any atom is 0.397 e. The van der Waals surface area contributed by atoms with E-state index in [2.05, 4.69) is 13.8 Å². The normalized spacial score (nSPS) is 33.4. The van der Waals surface area contributed by atoms with Gasteiger partial charge in [-0.05, 0) is 12.8 Å². The van der Waals surface area contributed by atoms with E-state index in [1.54, 1.807) is 20.8 Å². The van der Waals surface area contributed by atoms with Crippen molar-refractivity contribution in [1.29, 1.82) is 0 Å². The van der Waals surface area contributed by atoms with Crippen LogP contribution in [0.1, 0.15) is 53.9 Å². The summed E-state index contributed by atoms with van der Waals surface area (Å²) in [5.41, 5.74) is -1.11. The first-order chi connectivity index (χ1) is 8.24. The molecule has 5 heteroatoms. The van der Waals surface area contributed by atoms with Gasteiger partial charge in [0.05, 0.1) is 12.7 Å². The summed E-state index contributed by atoms with van der Waals surface area (Å²) in [6.45, 7) is 9.69. The zero-order chi connectivity index (χ0) is 14.0. The summed E-state index contributed by atoms with van der Waals surface area (Å²) in [4.78, 5) is 12.2. The molecular formula is C13H25O4P. The van der Waals surface area contributed by atoms with Crippen molar-refractivity contribution in [3.8, 4) is 0 Å². The minimum absolute atomic E-state index is 0.120. The quantitative estimate of drug-likeness (QED) is 0.728. The third-order valence-electron chi connectivity index (χ3n) is 3.25. The number of carbonyl (C=O) groups is 1. The fourth-order valence-corrected chi connectivity index (χ4v) is 4.18. The second-order valence-electron chi connectivity index (χ2n) is 5.95. The zero-order valence-corrected chi connectivity index (χ0v) is 13.0. The SMILES string of the molecule is CCCC1OP(=O)(C(=O)C(C)(C)C)OCC1CC. The third kappa shape index (κ3) is 3.43. The fourth-order valence-electron chi connectivity index (χ4n) is 2.07. The molecule has 0 amide bonds. The van der Waals surface area contributed by atoms with Gasteiger partial charge in [0.2, 0.25) is 5.52 Å². The van der Waals surface area contributed by atoms with Crippen molar-refractivity contribution in [2.75, 3.05) is 6.61 Å². The zero-order valence-electron chi connectivity index (χ0n) is 12.1. The molecule has 0 radical (unpaired) electrons. The van der Waals surface area contributed by atoms with Gasteiger partial charge in [-0.2, -0.15) is 0 Å². The van der Waals surface area contributed by atoms with E-state index in [1.807, 2.05) is 0 Å². The summed E-state index contributed by atoms with van der Waals surface area (Å²) >= 11 is 0. The molecule has 0 saturated carbocycles. The van der Waals surface area contributed by atoms with Gasteiger partial charge in [0.15, 0.2) is 0 Å². The molecule has 4 nitrogen and oxygen atoms in total. The average Bonchev–Trinajstić information content (AvgIpc) is 2.28. The Bertz CT molecular complexity index is 345. The fraction of sp³-hybridized carbons (Fsp3) is 0.923. The summed E-state index contributed by atoms with van der Waals surface area (Å²) < 4.78 is 23.4. The summed E-state index contributed by atoms with van der Waals surface area (Å²) in [7, 11) is -3.60. The molecule has 0 aliphatic carbocycles. The van der Waals surface area contributed by atoms with E-state index in [4.69, 9.17) is 9.05 Å². The predicted molar refractivity (Wildman–Crippen MR) is 71.6 cm³/mol. The molecular weight excluding hydrogens is 251 g/mol. The Labute approximate surface area is 110 Å². The Balaban J connectivity index is 2.87. The second kappa shape index (κ2) is 5.85. The van der Waals surface area contributed by atoms with Crippen LogP contribution in [-0.4, -0.2) is 18.2 Å². The lowest BCUT2D eigenvalue weighted by atomic mass is 9.97. The van der Waals surface area contributed by atoms with Gasteiger partial charge in [0.1, 0.15) is 0 Å². The van der Waals surface area contributed by atoms with Crippen molar-refractivity contribution in [3.05, 3.63) is 0 Å². The van der Waals surface area contributed by atoms with Gasteiger partial charge in [0, 0.05) is 11.3 Å². The van der Waals surface area contributed by atoms with Gasteiger partial charge in [-0.15, -0.1) is 0 Å². The number of hydrogen-bond acceptors (Lipinski definition) is 4. The minimum Gasteiger partial charge on any atom is -0.303 e. The van der Waals surface area contributed by atoms with Gasteiger partial charge in [-0.1, -0.05) is 41.0 Å². The van der Waals surface area contributed by atoms with Crippen LogP contribution in [0.5, 0.6) is 0 Å². The van der Waals surface area contributed by atoms with Crippen molar-refractivity contribution >= 4 is 13.1 Å². The molecule has 1 rings (SSSR count). The van der Waals surface area contributed by atoms with Crippen molar-refractivity contribution in [2.24, 2.45) is 11.3 Å². The van der Waals surface area contributed by atoms with Gasteiger partial charge in [-0.3, -0.25) is 13.9 Å². The van der Waals surface area contributed by atoms with Crippen LogP contribution in [0.4, 0.5) is 0 Å². The monoisotopic (exact) mass is 276 g/mol. The number of rotatable bonds is 4. The number of hydrogen-bond donors (Lipinski definition) is 0. The van der Waals surface area contributed by atoms with Crippen LogP contribution in [0.3, 0.4) is 0 Å². The molecule has 3 unspecified atom stereocenters. The molecule has 1 heterocycles. The van der Waals surface area contributed by atoms with Gasteiger partial charge in [-0.25, -0.2) is 0 Å². The highest BCUT2D eigenvalue weighted by Gasteiger charge is 2.48. The van der Waals surface area contributed by atoms with E-state index in [1.165, 1.54) is 0 Å². The summed E-state index contributed by atoms with van der Waals surface area (Å²) in [5.74, 6) is 0.236. The maximum atomic E-state index is 12.5. The van der Waals surface area contributed by atoms with Crippen LogP contribution in [0.2, 0.25) is 0 Å². The van der Waals surface area contributed by atoms with Crippen molar-refractivity contribution in [3.63, 3.8) is 0 Å². The Kier molecular flexibility index (Phi) is 5.16. The molecule has 1 fully saturated rings. The van der Waals surface area contributed by atoms with Gasteiger partial charge < -0.3 is 4.52 Å². The molecule has 0 bridgehead atoms. The molecule has 1 aliphatic heterocycles. The van der Waals surface area contributed by atoms with E-state index >= 15 is 0 Å². The Hall–Kier alpha value is -0.180. The lowest BCUT2D eigenvalue weighted by Crippen LogP contribution is -2.35. The Morgan fingerprint density at radius 3 is 2.39 bits per heavy atom. The molecule has 106 valence electrons. The highest BCUT2D eigenvalue weighted by atomic mass is 31.2.